The van der Waals surface area contributed by atoms with Crippen LogP contribution in [0.3, 0.4) is 0 Å². The van der Waals surface area contributed by atoms with E-state index in [4.69, 9.17) is 12.2 Å². The van der Waals surface area contributed by atoms with Gasteiger partial charge in [-0.3, -0.25) is 0 Å². The van der Waals surface area contributed by atoms with E-state index in [0.717, 1.165) is 24.8 Å². The predicted octanol–water partition coefficient (Wildman–Crippen LogP) is 4.22. The number of nitrogens with one attached hydrogen (secondary N) is 2. The third kappa shape index (κ3) is 4.13. The first-order chi connectivity index (χ1) is 9.58. The molecule has 0 heterocycles. The zero-order chi connectivity index (χ0) is 14.5. The van der Waals surface area contributed by atoms with E-state index in [9.17, 15) is 8.78 Å². The van der Waals surface area contributed by atoms with E-state index in [2.05, 4.69) is 17.6 Å². The van der Waals surface area contributed by atoms with Gasteiger partial charge in [0.05, 0.1) is 5.69 Å². The highest BCUT2D eigenvalue weighted by Gasteiger charge is 2.20. The van der Waals surface area contributed by atoms with Crippen LogP contribution in [-0.2, 0) is 0 Å². The van der Waals surface area contributed by atoms with E-state index in [-0.39, 0.29) is 5.69 Å². The molecule has 0 aliphatic heterocycles. The number of anilines is 1. The molecule has 1 aromatic rings. The van der Waals surface area contributed by atoms with Crippen molar-refractivity contribution in [3.05, 3.63) is 29.8 Å². The van der Waals surface area contributed by atoms with Crippen molar-refractivity contribution in [3.8, 4) is 0 Å². The average molecular weight is 298 g/mol. The molecule has 1 saturated carbocycles. The SMILES string of the molecule is CCC1CCC(NC(=S)Nc2ccc(F)cc2F)CC1. The lowest BCUT2D eigenvalue weighted by Crippen LogP contribution is -2.40. The minimum atomic E-state index is -0.635. The lowest BCUT2D eigenvalue weighted by Gasteiger charge is -2.29. The Hall–Kier alpha value is -1.23. The average Bonchev–Trinajstić information content (AvgIpc) is 2.43. The van der Waals surface area contributed by atoms with E-state index < -0.39 is 11.6 Å². The lowest BCUT2D eigenvalue weighted by atomic mass is 9.85. The van der Waals surface area contributed by atoms with Crippen LogP contribution in [0, 0.1) is 17.6 Å². The predicted molar refractivity (Wildman–Crippen MR) is 81.8 cm³/mol. The minimum absolute atomic E-state index is 0.200. The van der Waals surface area contributed by atoms with Crippen LogP contribution in [-0.4, -0.2) is 11.2 Å². The first-order valence-corrected chi connectivity index (χ1v) is 7.52. The summed E-state index contributed by atoms with van der Waals surface area (Å²) in [6.07, 6.45) is 5.83. The molecule has 2 nitrogen and oxygen atoms in total. The molecule has 5 heteroatoms. The molecule has 1 aliphatic carbocycles. The van der Waals surface area contributed by atoms with Crippen molar-refractivity contribution in [3.63, 3.8) is 0 Å². The fraction of sp³-hybridized carbons (Fsp3) is 0.533. The van der Waals surface area contributed by atoms with E-state index >= 15 is 0 Å². The summed E-state index contributed by atoms with van der Waals surface area (Å²) in [6, 6.07) is 3.76. The molecule has 1 aromatic carbocycles. The highest BCUT2D eigenvalue weighted by molar-refractivity contribution is 7.80. The van der Waals surface area contributed by atoms with Crippen molar-refractivity contribution >= 4 is 23.0 Å². The van der Waals surface area contributed by atoms with Crippen LogP contribution < -0.4 is 10.6 Å². The van der Waals surface area contributed by atoms with Crippen molar-refractivity contribution in [2.45, 2.75) is 45.1 Å². The van der Waals surface area contributed by atoms with Crippen LogP contribution in [0.25, 0.3) is 0 Å². The van der Waals surface area contributed by atoms with E-state index in [1.165, 1.54) is 31.4 Å². The van der Waals surface area contributed by atoms with Gasteiger partial charge in [-0.2, -0.15) is 0 Å². The van der Waals surface area contributed by atoms with Gasteiger partial charge in [-0.25, -0.2) is 8.78 Å². The Morgan fingerprint density at radius 3 is 2.55 bits per heavy atom. The molecule has 2 rings (SSSR count). The summed E-state index contributed by atoms with van der Waals surface area (Å²) >= 11 is 5.18. The lowest BCUT2D eigenvalue weighted by molar-refractivity contribution is 0.306. The molecule has 1 fully saturated rings. The molecule has 20 heavy (non-hydrogen) atoms. The number of rotatable bonds is 3. The van der Waals surface area contributed by atoms with Gasteiger partial charge in [0.25, 0.3) is 0 Å². The second-order valence-electron chi connectivity index (χ2n) is 5.35. The quantitative estimate of drug-likeness (QED) is 0.817. The molecule has 0 unspecified atom stereocenters. The largest absolute Gasteiger partial charge is 0.360 e. The first kappa shape index (κ1) is 15.2. The molecule has 0 aromatic heterocycles. The molecule has 0 radical (unpaired) electrons. The maximum Gasteiger partial charge on any atom is 0.171 e. The number of thiocarbonyl (C=S) groups is 1. The normalized spacial score (nSPS) is 22.4. The summed E-state index contributed by atoms with van der Waals surface area (Å²) in [5.74, 6) is -0.405. The maximum absolute atomic E-state index is 13.5. The molecule has 2 N–H and O–H groups in total. The summed E-state index contributed by atoms with van der Waals surface area (Å²) in [4.78, 5) is 0. The second-order valence-corrected chi connectivity index (χ2v) is 5.76. The number of halogens is 2. The van der Waals surface area contributed by atoms with Gasteiger partial charge >= 0.3 is 0 Å². The summed E-state index contributed by atoms with van der Waals surface area (Å²) in [5.41, 5.74) is 0.200. The topological polar surface area (TPSA) is 24.1 Å². The van der Waals surface area contributed by atoms with Crippen molar-refractivity contribution in [1.29, 1.82) is 0 Å². The molecule has 1 aliphatic rings. The van der Waals surface area contributed by atoms with Crippen LogP contribution in [0.5, 0.6) is 0 Å². The molecule has 0 amide bonds. The van der Waals surface area contributed by atoms with Gasteiger partial charge < -0.3 is 10.6 Å². The van der Waals surface area contributed by atoms with Crippen LogP contribution in [0.4, 0.5) is 14.5 Å². The fourth-order valence-electron chi connectivity index (χ4n) is 2.65. The van der Waals surface area contributed by atoms with E-state index in [1.807, 2.05) is 0 Å². The monoisotopic (exact) mass is 298 g/mol. The van der Waals surface area contributed by atoms with Crippen LogP contribution >= 0.6 is 12.2 Å². The molecule has 0 spiro atoms. The highest BCUT2D eigenvalue weighted by Crippen LogP contribution is 2.26. The smallest absolute Gasteiger partial charge is 0.171 e. The molecule has 110 valence electrons. The van der Waals surface area contributed by atoms with Gasteiger partial charge in [0, 0.05) is 12.1 Å². The van der Waals surface area contributed by atoms with Gasteiger partial charge in [-0.05, 0) is 56.0 Å². The van der Waals surface area contributed by atoms with Crippen molar-refractivity contribution in [2.75, 3.05) is 5.32 Å². The Bertz CT molecular complexity index is 471. The van der Waals surface area contributed by atoms with Gasteiger partial charge in [0.15, 0.2) is 5.11 Å². The summed E-state index contributed by atoms with van der Waals surface area (Å²) in [6.45, 7) is 2.22. The zero-order valence-electron chi connectivity index (χ0n) is 11.6. The van der Waals surface area contributed by atoms with Crippen molar-refractivity contribution < 1.29 is 8.78 Å². The number of hydrogen-bond acceptors (Lipinski definition) is 1. The highest BCUT2D eigenvalue weighted by atomic mass is 32.1. The summed E-state index contributed by atoms with van der Waals surface area (Å²) in [5, 5.41) is 6.40. The molecular formula is C15H20F2N2S. The van der Waals surface area contributed by atoms with E-state index in [1.54, 1.807) is 0 Å². The Balaban J connectivity index is 1.84. The van der Waals surface area contributed by atoms with Gasteiger partial charge in [-0.1, -0.05) is 13.3 Å². The Morgan fingerprint density at radius 2 is 1.95 bits per heavy atom. The third-order valence-corrected chi connectivity index (χ3v) is 4.16. The maximum atomic E-state index is 13.5. The minimum Gasteiger partial charge on any atom is -0.360 e. The molecule has 0 atom stereocenters. The van der Waals surface area contributed by atoms with E-state index in [0.29, 0.717) is 11.2 Å². The molecular weight excluding hydrogens is 278 g/mol. The standard InChI is InChI=1S/C15H20F2N2S/c1-2-10-3-6-12(7-4-10)18-15(20)19-14-8-5-11(16)9-13(14)17/h5,8-10,12H,2-4,6-7H2,1H3,(H2,18,19,20). The summed E-state index contributed by atoms with van der Waals surface area (Å²) < 4.78 is 26.3. The summed E-state index contributed by atoms with van der Waals surface area (Å²) in [7, 11) is 0. The van der Waals surface area contributed by atoms with Gasteiger partial charge in [0.1, 0.15) is 11.6 Å². The van der Waals surface area contributed by atoms with Crippen molar-refractivity contribution in [1.82, 2.24) is 5.32 Å². The number of benzene rings is 1. The molecule has 0 bridgehead atoms. The van der Waals surface area contributed by atoms with Gasteiger partial charge in [-0.15, -0.1) is 0 Å². The Morgan fingerprint density at radius 1 is 1.25 bits per heavy atom. The fourth-order valence-corrected chi connectivity index (χ4v) is 2.93. The molecule has 0 saturated heterocycles. The van der Waals surface area contributed by atoms with Crippen LogP contribution in [0.2, 0.25) is 0 Å². The van der Waals surface area contributed by atoms with Gasteiger partial charge in [0.2, 0.25) is 0 Å². The van der Waals surface area contributed by atoms with Crippen LogP contribution in [0.1, 0.15) is 39.0 Å². The number of hydrogen-bond donors (Lipinski definition) is 2. The Labute approximate surface area is 123 Å². The van der Waals surface area contributed by atoms with Crippen LogP contribution in [0.15, 0.2) is 18.2 Å². The third-order valence-electron chi connectivity index (χ3n) is 3.94. The first-order valence-electron chi connectivity index (χ1n) is 7.11. The zero-order valence-corrected chi connectivity index (χ0v) is 12.4. The van der Waals surface area contributed by atoms with Crippen molar-refractivity contribution in [2.24, 2.45) is 5.92 Å². The second kappa shape index (κ2) is 6.97. The Kier molecular flexibility index (Phi) is 5.29.